The van der Waals surface area contributed by atoms with Crippen molar-refractivity contribution in [3.8, 4) is 0 Å². The summed E-state index contributed by atoms with van der Waals surface area (Å²) in [5.41, 5.74) is 0. The molecule has 2 heterocycles. The van der Waals surface area contributed by atoms with Crippen LogP contribution in [-0.4, -0.2) is 40.2 Å². The van der Waals surface area contributed by atoms with E-state index in [4.69, 9.17) is 9.26 Å². The summed E-state index contributed by atoms with van der Waals surface area (Å²) >= 11 is 0. The van der Waals surface area contributed by atoms with Gasteiger partial charge in [-0.2, -0.15) is 4.98 Å². The molecule has 6 nitrogen and oxygen atoms in total. The Morgan fingerprint density at radius 2 is 2.27 bits per heavy atom. The van der Waals surface area contributed by atoms with Gasteiger partial charge in [0.1, 0.15) is 6.10 Å². The fraction of sp³-hybridized carbons (Fsp3) is 0.812. The molecule has 1 aromatic heterocycles. The average molecular weight is 307 g/mol. The summed E-state index contributed by atoms with van der Waals surface area (Å²) in [5, 5.41) is 4.11. The quantitative estimate of drug-likeness (QED) is 0.725. The van der Waals surface area contributed by atoms with E-state index in [9.17, 15) is 4.79 Å². The maximum Gasteiger partial charge on any atom is 0.252 e. The van der Waals surface area contributed by atoms with Gasteiger partial charge in [0.15, 0.2) is 5.82 Å². The van der Waals surface area contributed by atoms with Crippen LogP contribution < -0.4 is 0 Å². The molecule has 3 rings (SSSR count). The minimum atomic E-state index is -0.401. The molecule has 1 amide bonds. The number of unbranched alkanes of at least 4 members (excludes halogenated alkanes) is 1. The van der Waals surface area contributed by atoms with Gasteiger partial charge in [0, 0.05) is 19.1 Å². The zero-order valence-corrected chi connectivity index (χ0v) is 13.5. The molecule has 0 bridgehead atoms. The van der Waals surface area contributed by atoms with E-state index in [2.05, 4.69) is 17.1 Å². The molecule has 0 aromatic carbocycles. The van der Waals surface area contributed by atoms with Gasteiger partial charge in [-0.15, -0.1) is 0 Å². The lowest BCUT2D eigenvalue weighted by Gasteiger charge is -2.25. The van der Waals surface area contributed by atoms with E-state index in [-0.39, 0.29) is 11.9 Å². The lowest BCUT2D eigenvalue weighted by atomic mass is 10.2. The number of hydrogen-bond acceptors (Lipinski definition) is 5. The Morgan fingerprint density at radius 3 is 3.00 bits per heavy atom. The maximum atomic E-state index is 12.6. The molecular weight excluding hydrogens is 282 g/mol. The van der Waals surface area contributed by atoms with Crippen LogP contribution in [0.3, 0.4) is 0 Å². The molecule has 1 aliphatic heterocycles. The van der Waals surface area contributed by atoms with Crippen LogP contribution in [0.1, 0.15) is 76.0 Å². The number of rotatable bonds is 7. The van der Waals surface area contributed by atoms with Crippen LogP contribution in [0, 0.1) is 0 Å². The van der Waals surface area contributed by atoms with E-state index >= 15 is 0 Å². The molecule has 6 heteroatoms. The molecule has 1 saturated heterocycles. The monoisotopic (exact) mass is 307 g/mol. The largest absolute Gasteiger partial charge is 0.369 e. The first-order valence-corrected chi connectivity index (χ1v) is 8.46. The Morgan fingerprint density at radius 1 is 1.45 bits per heavy atom. The highest BCUT2D eigenvalue weighted by atomic mass is 16.5. The Balaban J connectivity index is 1.62. The van der Waals surface area contributed by atoms with Crippen molar-refractivity contribution in [1.29, 1.82) is 0 Å². The number of aromatic nitrogens is 2. The van der Waals surface area contributed by atoms with Gasteiger partial charge in [0.2, 0.25) is 5.89 Å². The number of likely N-dealkylation sites (tertiary alicyclic amines) is 1. The summed E-state index contributed by atoms with van der Waals surface area (Å²) in [6.45, 7) is 5.33. The summed E-state index contributed by atoms with van der Waals surface area (Å²) in [6, 6.07) is -0.0547. The normalized spacial score (nSPS) is 23.0. The van der Waals surface area contributed by atoms with Crippen molar-refractivity contribution in [2.24, 2.45) is 0 Å². The maximum absolute atomic E-state index is 12.6. The van der Waals surface area contributed by atoms with Crippen molar-refractivity contribution >= 4 is 5.91 Å². The summed E-state index contributed by atoms with van der Waals surface area (Å²) in [7, 11) is 0. The van der Waals surface area contributed by atoms with E-state index in [1.807, 2.05) is 11.8 Å². The Kier molecular flexibility index (Phi) is 4.76. The van der Waals surface area contributed by atoms with E-state index in [0.29, 0.717) is 18.3 Å². The number of carbonyl (C=O) groups is 1. The summed E-state index contributed by atoms with van der Waals surface area (Å²) in [6.07, 6.45) is 5.80. The van der Waals surface area contributed by atoms with Gasteiger partial charge in [0.05, 0.1) is 6.04 Å². The molecular formula is C16H25N3O3. The molecule has 1 aromatic rings. The van der Waals surface area contributed by atoms with Gasteiger partial charge in [-0.3, -0.25) is 4.79 Å². The third kappa shape index (κ3) is 3.32. The fourth-order valence-electron chi connectivity index (χ4n) is 2.89. The predicted octanol–water partition coefficient (Wildman–Crippen LogP) is 2.82. The molecule has 0 N–H and O–H groups in total. The molecule has 1 saturated carbocycles. The Labute approximate surface area is 131 Å². The van der Waals surface area contributed by atoms with Gasteiger partial charge in [-0.05, 0) is 39.0 Å². The standard InChI is InChI=1S/C16H25N3O3/c1-3-4-10-21-11(2)16(20)19-9-5-6-13(19)14-17-15(22-18-14)12-7-8-12/h11-13H,3-10H2,1-2H3/t11-,13+/m1/s1. The highest BCUT2D eigenvalue weighted by Crippen LogP contribution is 2.40. The molecule has 0 spiro atoms. The lowest BCUT2D eigenvalue weighted by Crippen LogP contribution is -2.39. The van der Waals surface area contributed by atoms with Crippen LogP contribution in [0.4, 0.5) is 0 Å². The summed E-state index contributed by atoms with van der Waals surface area (Å²) in [5.74, 6) is 1.88. The molecule has 22 heavy (non-hydrogen) atoms. The van der Waals surface area contributed by atoms with Crippen LogP contribution in [0.2, 0.25) is 0 Å². The number of ether oxygens (including phenoxy) is 1. The van der Waals surface area contributed by atoms with Gasteiger partial charge in [-0.25, -0.2) is 0 Å². The van der Waals surface area contributed by atoms with Crippen LogP contribution in [0.25, 0.3) is 0 Å². The van der Waals surface area contributed by atoms with Crippen LogP contribution in [0.5, 0.6) is 0 Å². The third-order valence-corrected chi connectivity index (χ3v) is 4.43. The molecule has 122 valence electrons. The second kappa shape index (κ2) is 6.77. The number of hydrogen-bond donors (Lipinski definition) is 0. The molecule has 2 fully saturated rings. The van der Waals surface area contributed by atoms with E-state index in [0.717, 1.165) is 51.0 Å². The zero-order valence-electron chi connectivity index (χ0n) is 13.5. The van der Waals surface area contributed by atoms with Gasteiger partial charge in [-0.1, -0.05) is 18.5 Å². The van der Waals surface area contributed by atoms with Gasteiger partial charge in [0.25, 0.3) is 5.91 Å². The Hall–Kier alpha value is -1.43. The third-order valence-electron chi connectivity index (χ3n) is 4.43. The molecule has 1 aliphatic carbocycles. The number of carbonyl (C=O) groups excluding carboxylic acids is 1. The predicted molar refractivity (Wildman–Crippen MR) is 80.3 cm³/mol. The van der Waals surface area contributed by atoms with Crippen molar-refractivity contribution in [2.45, 2.75) is 70.4 Å². The topological polar surface area (TPSA) is 68.5 Å². The second-order valence-corrected chi connectivity index (χ2v) is 6.32. The van der Waals surface area contributed by atoms with Crippen molar-refractivity contribution in [2.75, 3.05) is 13.2 Å². The van der Waals surface area contributed by atoms with Crippen molar-refractivity contribution in [3.05, 3.63) is 11.7 Å². The second-order valence-electron chi connectivity index (χ2n) is 6.32. The first kappa shape index (κ1) is 15.5. The number of nitrogens with zero attached hydrogens (tertiary/aromatic N) is 3. The van der Waals surface area contributed by atoms with Crippen molar-refractivity contribution in [1.82, 2.24) is 15.0 Å². The van der Waals surface area contributed by atoms with Gasteiger partial charge < -0.3 is 14.2 Å². The van der Waals surface area contributed by atoms with Crippen LogP contribution >= 0.6 is 0 Å². The number of amides is 1. The average Bonchev–Trinajstić information content (AvgIpc) is 3.06. The molecule has 0 unspecified atom stereocenters. The van der Waals surface area contributed by atoms with E-state index < -0.39 is 6.10 Å². The molecule has 0 radical (unpaired) electrons. The minimum absolute atomic E-state index is 0.0383. The zero-order chi connectivity index (χ0) is 15.5. The first-order valence-electron chi connectivity index (χ1n) is 8.46. The van der Waals surface area contributed by atoms with Crippen molar-refractivity contribution < 1.29 is 14.1 Å². The fourth-order valence-corrected chi connectivity index (χ4v) is 2.89. The SMILES string of the molecule is CCCCO[C@H](C)C(=O)N1CCC[C@H]1c1noc(C2CC2)n1. The highest BCUT2D eigenvalue weighted by molar-refractivity contribution is 5.81. The minimum Gasteiger partial charge on any atom is -0.369 e. The van der Waals surface area contributed by atoms with Gasteiger partial charge >= 0.3 is 0 Å². The van der Waals surface area contributed by atoms with E-state index in [1.165, 1.54) is 0 Å². The first-order chi connectivity index (χ1) is 10.7. The lowest BCUT2D eigenvalue weighted by molar-refractivity contribution is -0.143. The van der Waals surface area contributed by atoms with Crippen LogP contribution in [0.15, 0.2) is 4.52 Å². The van der Waals surface area contributed by atoms with Crippen LogP contribution in [-0.2, 0) is 9.53 Å². The molecule has 2 atom stereocenters. The molecule has 2 aliphatic rings. The summed E-state index contributed by atoms with van der Waals surface area (Å²) in [4.78, 5) is 19.0. The smallest absolute Gasteiger partial charge is 0.252 e. The highest BCUT2D eigenvalue weighted by Gasteiger charge is 2.37. The van der Waals surface area contributed by atoms with Crippen molar-refractivity contribution in [3.63, 3.8) is 0 Å². The van der Waals surface area contributed by atoms with E-state index in [1.54, 1.807) is 0 Å². The summed E-state index contributed by atoms with van der Waals surface area (Å²) < 4.78 is 11.0. The Bertz CT molecular complexity index is 512.